The van der Waals surface area contributed by atoms with Crippen molar-refractivity contribution in [2.75, 3.05) is 0 Å². The van der Waals surface area contributed by atoms with Gasteiger partial charge in [-0.25, -0.2) is 0 Å². The molecule has 2 N–H and O–H groups in total. The Hall–Kier alpha value is -1.58. The Labute approximate surface area is 162 Å². The van der Waals surface area contributed by atoms with Crippen molar-refractivity contribution in [3.05, 3.63) is 70.2 Å². The molecule has 2 aromatic carbocycles. The van der Waals surface area contributed by atoms with Gasteiger partial charge in [-0.2, -0.15) is 0 Å². The van der Waals surface area contributed by atoms with Crippen molar-refractivity contribution in [3.8, 4) is 0 Å². The first-order valence-electron chi connectivity index (χ1n) is 8.92. The zero-order valence-corrected chi connectivity index (χ0v) is 16.8. The van der Waals surface area contributed by atoms with Crippen LogP contribution in [0.1, 0.15) is 62.3 Å². The molecule has 0 bridgehead atoms. The van der Waals surface area contributed by atoms with E-state index in [1.165, 1.54) is 11.1 Å². The number of hydrogen-bond donors (Lipinski definition) is 2. The molecule has 2 unspecified atom stereocenters. The summed E-state index contributed by atoms with van der Waals surface area (Å²) >= 11 is 11.4. The number of nitrogens with one attached hydrogen (secondary N) is 2. The van der Waals surface area contributed by atoms with Gasteiger partial charge in [-0.3, -0.25) is 0 Å². The van der Waals surface area contributed by atoms with Gasteiger partial charge in [0.2, 0.25) is 0 Å². The third kappa shape index (κ3) is 6.02. The van der Waals surface area contributed by atoms with Gasteiger partial charge in [0.05, 0.1) is 6.04 Å². The van der Waals surface area contributed by atoms with Gasteiger partial charge >= 0.3 is 0 Å². The van der Waals surface area contributed by atoms with Gasteiger partial charge in [0.1, 0.15) is 0 Å². The highest BCUT2D eigenvalue weighted by atomic mass is 35.5. The van der Waals surface area contributed by atoms with Crippen LogP contribution in [0.25, 0.3) is 0 Å². The van der Waals surface area contributed by atoms with Crippen LogP contribution in [0.4, 0.5) is 0 Å². The maximum Gasteiger partial charge on any atom is 0.167 e. The summed E-state index contributed by atoms with van der Waals surface area (Å²) in [6.45, 7) is 7.34. The van der Waals surface area contributed by atoms with E-state index in [9.17, 15) is 0 Å². The molecule has 2 rings (SSSR count). The molecule has 2 nitrogen and oxygen atoms in total. The molecule has 0 saturated heterocycles. The van der Waals surface area contributed by atoms with Crippen LogP contribution in [-0.2, 0) is 6.54 Å². The fraction of sp³-hybridized carbons (Fsp3) is 0.381. The third-order valence-electron chi connectivity index (χ3n) is 4.60. The van der Waals surface area contributed by atoms with Crippen molar-refractivity contribution >= 4 is 28.9 Å². The number of rotatable bonds is 7. The second kappa shape index (κ2) is 9.79. The van der Waals surface area contributed by atoms with Gasteiger partial charge in [0.15, 0.2) is 5.11 Å². The van der Waals surface area contributed by atoms with Crippen LogP contribution < -0.4 is 10.6 Å². The molecule has 0 heterocycles. The lowest BCUT2D eigenvalue weighted by atomic mass is 9.95. The molecule has 4 heteroatoms. The quantitative estimate of drug-likeness (QED) is 0.584. The summed E-state index contributed by atoms with van der Waals surface area (Å²) in [4.78, 5) is 0. The molecule has 0 amide bonds. The summed E-state index contributed by atoms with van der Waals surface area (Å²) in [6, 6.07) is 16.9. The first-order valence-corrected chi connectivity index (χ1v) is 9.70. The molecule has 0 saturated carbocycles. The van der Waals surface area contributed by atoms with E-state index in [1.807, 2.05) is 24.3 Å². The monoisotopic (exact) mass is 374 g/mol. The van der Waals surface area contributed by atoms with Crippen molar-refractivity contribution in [1.82, 2.24) is 10.6 Å². The lowest BCUT2D eigenvalue weighted by Gasteiger charge is -2.21. The summed E-state index contributed by atoms with van der Waals surface area (Å²) in [6.07, 6.45) is 2.14. The van der Waals surface area contributed by atoms with Crippen molar-refractivity contribution in [2.45, 2.75) is 52.1 Å². The number of halogens is 1. The van der Waals surface area contributed by atoms with Crippen LogP contribution in [0.3, 0.4) is 0 Å². The average Bonchev–Trinajstić information content (AvgIpc) is 2.65. The Bertz CT molecular complexity index is 667. The molecule has 0 aliphatic heterocycles. The maximum absolute atomic E-state index is 5.91. The minimum absolute atomic E-state index is 0.219. The Balaban J connectivity index is 1.91. The van der Waals surface area contributed by atoms with E-state index in [4.69, 9.17) is 23.8 Å². The van der Waals surface area contributed by atoms with Crippen molar-refractivity contribution in [2.24, 2.45) is 0 Å². The zero-order valence-electron chi connectivity index (χ0n) is 15.2. The molecule has 25 heavy (non-hydrogen) atoms. The normalized spacial score (nSPS) is 13.1. The van der Waals surface area contributed by atoms with E-state index in [0.717, 1.165) is 23.4 Å². The van der Waals surface area contributed by atoms with Gasteiger partial charge in [0, 0.05) is 11.6 Å². The van der Waals surface area contributed by atoms with E-state index >= 15 is 0 Å². The van der Waals surface area contributed by atoms with Gasteiger partial charge < -0.3 is 10.6 Å². The largest absolute Gasteiger partial charge is 0.359 e. The van der Waals surface area contributed by atoms with E-state index in [-0.39, 0.29) is 6.04 Å². The Morgan fingerprint density at radius 1 is 0.960 bits per heavy atom. The standard InChI is InChI=1S/C21H27ClN2S/c1-4-15(3)17-8-10-18(11-9-17)20(5-2)24-21(25)23-14-16-6-12-19(22)13-7-16/h6-13,15,20H,4-5,14H2,1-3H3,(H2,23,24,25). The minimum Gasteiger partial charge on any atom is -0.359 e. The third-order valence-corrected chi connectivity index (χ3v) is 5.11. The molecular formula is C21H27ClN2S. The van der Waals surface area contributed by atoms with E-state index in [2.05, 4.69) is 55.7 Å². The highest BCUT2D eigenvalue weighted by molar-refractivity contribution is 7.80. The number of hydrogen-bond acceptors (Lipinski definition) is 1. The van der Waals surface area contributed by atoms with Crippen LogP contribution in [0.2, 0.25) is 5.02 Å². The summed E-state index contributed by atoms with van der Waals surface area (Å²) < 4.78 is 0. The van der Waals surface area contributed by atoms with Gasteiger partial charge in [0.25, 0.3) is 0 Å². The van der Waals surface area contributed by atoms with Crippen LogP contribution in [0, 0.1) is 0 Å². The molecular weight excluding hydrogens is 348 g/mol. The molecule has 0 aromatic heterocycles. The predicted molar refractivity (Wildman–Crippen MR) is 112 cm³/mol. The lowest BCUT2D eigenvalue weighted by Crippen LogP contribution is -2.37. The summed E-state index contributed by atoms with van der Waals surface area (Å²) in [7, 11) is 0. The molecule has 0 spiro atoms. The number of benzene rings is 2. The highest BCUT2D eigenvalue weighted by Gasteiger charge is 2.11. The van der Waals surface area contributed by atoms with Gasteiger partial charge in [-0.15, -0.1) is 0 Å². The second-order valence-corrected chi connectivity index (χ2v) is 7.23. The smallest absolute Gasteiger partial charge is 0.167 e. The van der Waals surface area contributed by atoms with E-state index < -0.39 is 0 Å². The Morgan fingerprint density at radius 3 is 2.12 bits per heavy atom. The van der Waals surface area contributed by atoms with E-state index in [0.29, 0.717) is 17.6 Å². The van der Waals surface area contributed by atoms with Crippen molar-refractivity contribution < 1.29 is 0 Å². The Kier molecular flexibility index (Phi) is 7.73. The van der Waals surface area contributed by atoms with Crippen LogP contribution in [0.5, 0.6) is 0 Å². The SMILES string of the molecule is CCC(C)c1ccc(C(CC)NC(=S)NCc2ccc(Cl)cc2)cc1. The Morgan fingerprint density at radius 2 is 1.56 bits per heavy atom. The van der Waals surface area contributed by atoms with Gasteiger partial charge in [-0.1, -0.05) is 68.8 Å². The molecule has 0 aliphatic carbocycles. The first kappa shape index (κ1) is 19.7. The van der Waals surface area contributed by atoms with Crippen LogP contribution in [-0.4, -0.2) is 5.11 Å². The molecule has 2 aromatic rings. The maximum atomic E-state index is 5.91. The fourth-order valence-electron chi connectivity index (χ4n) is 2.71. The first-order chi connectivity index (χ1) is 12.0. The summed E-state index contributed by atoms with van der Waals surface area (Å²) in [5.41, 5.74) is 3.81. The van der Waals surface area contributed by atoms with Crippen molar-refractivity contribution in [3.63, 3.8) is 0 Å². The predicted octanol–water partition coefficient (Wildman–Crippen LogP) is 5.97. The molecule has 134 valence electrons. The average molecular weight is 375 g/mol. The number of thiocarbonyl (C=S) groups is 1. The molecule has 0 fully saturated rings. The molecule has 2 atom stereocenters. The topological polar surface area (TPSA) is 24.1 Å². The van der Waals surface area contributed by atoms with Crippen LogP contribution >= 0.6 is 23.8 Å². The van der Waals surface area contributed by atoms with Crippen molar-refractivity contribution in [1.29, 1.82) is 0 Å². The zero-order chi connectivity index (χ0) is 18.2. The molecule has 0 aliphatic rings. The second-order valence-electron chi connectivity index (χ2n) is 6.39. The highest BCUT2D eigenvalue weighted by Crippen LogP contribution is 2.22. The summed E-state index contributed by atoms with van der Waals surface area (Å²) in [5, 5.41) is 8.11. The fourth-order valence-corrected chi connectivity index (χ4v) is 3.05. The van der Waals surface area contributed by atoms with E-state index in [1.54, 1.807) is 0 Å². The summed E-state index contributed by atoms with van der Waals surface area (Å²) in [5.74, 6) is 0.601. The lowest BCUT2D eigenvalue weighted by molar-refractivity contribution is 0.615. The van der Waals surface area contributed by atoms with Crippen LogP contribution in [0.15, 0.2) is 48.5 Å². The van der Waals surface area contributed by atoms with Gasteiger partial charge in [-0.05, 0) is 59.8 Å². The molecule has 0 radical (unpaired) electrons. The minimum atomic E-state index is 0.219.